The van der Waals surface area contributed by atoms with Gasteiger partial charge in [-0.3, -0.25) is 0 Å². The molecule has 1 aliphatic rings. The number of quaternary nitrogens is 1. The van der Waals surface area contributed by atoms with E-state index < -0.39 is 9.84 Å². The van der Waals surface area contributed by atoms with Crippen LogP contribution in [0.25, 0.3) is 0 Å². The Bertz CT molecular complexity index is 599. The van der Waals surface area contributed by atoms with Gasteiger partial charge >= 0.3 is 0 Å². The van der Waals surface area contributed by atoms with Crippen LogP contribution in [0.1, 0.15) is 6.92 Å². The molecule has 0 aliphatic carbocycles. The second-order valence-electron chi connectivity index (χ2n) is 4.43. The Morgan fingerprint density at radius 3 is 2.18 bits per heavy atom. The third kappa shape index (κ3) is 2.03. The highest BCUT2D eigenvalue weighted by molar-refractivity contribution is 7.95. The fraction of sp³-hybridized carbons (Fsp3) is 0.250. The van der Waals surface area contributed by atoms with Crippen molar-refractivity contribution in [1.82, 2.24) is 0 Å². The molecule has 0 amide bonds. The van der Waals surface area contributed by atoms with E-state index in [0.29, 0.717) is 9.92 Å². The molecule has 0 aromatic heterocycles. The zero-order valence-corrected chi connectivity index (χ0v) is 10.9. The summed E-state index contributed by atoms with van der Waals surface area (Å²) in [6, 6.07) is 8.43. The average Bonchev–Trinajstić information content (AvgIpc) is 2.54. The van der Waals surface area contributed by atoms with E-state index in [0.717, 1.165) is 5.71 Å². The van der Waals surface area contributed by atoms with Gasteiger partial charge in [0.1, 0.15) is 5.71 Å². The Labute approximate surface area is 101 Å². The molecule has 0 fully saturated rings. The Hall–Kier alpha value is -1.46. The zero-order valence-electron chi connectivity index (χ0n) is 10.1. The SMILES string of the molecule is CC1=N[N+](C)(C)C(S(=O)(=O)c2ccccc2)=C1. The molecule has 4 nitrogen and oxygen atoms in total. The van der Waals surface area contributed by atoms with E-state index in [-0.39, 0.29) is 4.59 Å². The first-order valence-corrected chi connectivity index (χ1v) is 6.75. The Morgan fingerprint density at radius 1 is 1.12 bits per heavy atom. The molecule has 0 saturated heterocycles. The molecule has 0 spiro atoms. The van der Waals surface area contributed by atoms with Crippen molar-refractivity contribution in [1.29, 1.82) is 0 Å². The minimum Gasteiger partial charge on any atom is -0.213 e. The van der Waals surface area contributed by atoms with Crippen LogP contribution >= 0.6 is 0 Å². The van der Waals surface area contributed by atoms with E-state index in [2.05, 4.69) is 5.10 Å². The van der Waals surface area contributed by atoms with Crippen LogP contribution in [0.3, 0.4) is 0 Å². The summed E-state index contributed by atoms with van der Waals surface area (Å²) in [6.07, 6.45) is 1.63. The number of rotatable bonds is 2. The maximum Gasteiger partial charge on any atom is 0.258 e. The third-order valence-corrected chi connectivity index (χ3v) is 4.62. The first-order valence-electron chi connectivity index (χ1n) is 5.27. The van der Waals surface area contributed by atoms with Crippen molar-refractivity contribution >= 4 is 15.5 Å². The maximum absolute atomic E-state index is 12.4. The largest absolute Gasteiger partial charge is 0.258 e. The minimum atomic E-state index is -3.46. The molecule has 17 heavy (non-hydrogen) atoms. The minimum absolute atomic E-state index is 0.0169. The van der Waals surface area contributed by atoms with Crippen molar-refractivity contribution < 1.29 is 13.0 Å². The van der Waals surface area contributed by atoms with Gasteiger partial charge in [-0.05, 0) is 19.1 Å². The summed E-state index contributed by atoms with van der Waals surface area (Å²) in [6.45, 7) is 1.80. The van der Waals surface area contributed by atoms with Crippen molar-refractivity contribution in [2.24, 2.45) is 5.10 Å². The highest BCUT2D eigenvalue weighted by Gasteiger charge is 2.39. The molecule has 1 aromatic carbocycles. The molecule has 2 rings (SSSR count). The average molecular weight is 251 g/mol. The number of benzene rings is 1. The van der Waals surface area contributed by atoms with E-state index in [1.54, 1.807) is 57.4 Å². The quantitative estimate of drug-likeness (QED) is 0.752. The van der Waals surface area contributed by atoms with Gasteiger partial charge in [0.25, 0.3) is 14.9 Å². The van der Waals surface area contributed by atoms with Gasteiger partial charge in [-0.2, -0.15) is 4.59 Å². The molecule has 0 unspecified atom stereocenters. The predicted molar refractivity (Wildman–Crippen MR) is 66.9 cm³/mol. The van der Waals surface area contributed by atoms with E-state index in [1.807, 2.05) is 0 Å². The topological polar surface area (TPSA) is 46.5 Å². The van der Waals surface area contributed by atoms with Crippen molar-refractivity contribution in [3.8, 4) is 0 Å². The van der Waals surface area contributed by atoms with Crippen molar-refractivity contribution in [3.05, 3.63) is 41.4 Å². The van der Waals surface area contributed by atoms with Crippen LogP contribution in [-0.4, -0.2) is 32.8 Å². The van der Waals surface area contributed by atoms with Gasteiger partial charge in [0, 0.05) is 6.08 Å². The van der Waals surface area contributed by atoms with Crippen LogP contribution in [0, 0.1) is 0 Å². The second kappa shape index (κ2) is 3.78. The highest BCUT2D eigenvalue weighted by atomic mass is 32.2. The van der Waals surface area contributed by atoms with Crippen LogP contribution in [0.5, 0.6) is 0 Å². The standard InChI is InChI=1S/C12H15N2O2S/c1-10-9-12(14(2,3)13-10)17(15,16)11-7-5-4-6-8-11/h4-9H,1-3H3/q+1. The molecule has 5 heteroatoms. The summed E-state index contributed by atoms with van der Waals surface area (Å²) in [7, 11) is 0.0451. The summed E-state index contributed by atoms with van der Waals surface area (Å²) in [4.78, 5) is 0.308. The van der Waals surface area contributed by atoms with Crippen LogP contribution in [0.2, 0.25) is 0 Å². The first-order chi connectivity index (χ1) is 7.84. The van der Waals surface area contributed by atoms with Gasteiger partial charge in [0.2, 0.25) is 0 Å². The number of sulfone groups is 1. The van der Waals surface area contributed by atoms with Gasteiger partial charge in [-0.1, -0.05) is 23.3 Å². The van der Waals surface area contributed by atoms with Crippen LogP contribution in [0.4, 0.5) is 0 Å². The lowest BCUT2D eigenvalue weighted by Crippen LogP contribution is -2.34. The van der Waals surface area contributed by atoms with E-state index in [4.69, 9.17) is 0 Å². The fourth-order valence-corrected chi connectivity index (χ4v) is 3.61. The number of allylic oxidation sites excluding steroid dienone is 1. The Kier molecular flexibility index (Phi) is 2.67. The molecule has 1 aliphatic heterocycles. The molecule has 0 atom stereocenters. The lowest BCUT2D eigenvalue weighted by Gasteiger charge is -2.20. The van der Waals surface area contributed by atoms with Gasteiger partial charge in [-0.25, -0.2) is 8.42 Å². The van der Waals surface area contributed by atoms with E-state index in [1.165, 1.54) is 0 Å². The summed E-state index contributed by atoms with van der Waals surface area (Å²) in [5, 5.41) is 4.58. The van der Waals surface area contributed by atoms with Crippen molar-refractivity contribution in [2.75, 3.05) is 14.1 Å². The summed E-state index contributed by atoms with van der Waals surface area (Å²) in [5.74, 6) is 0. The van der Waals surface area contributed by atoms with E-state index in [9.17, 15) is 8.42 Å². The molecular formula is C12H15N2O2S+. The molecule has 1 aromatic rings. The van der Waals surface area contributed by atoms with Crippen molar-refractivity contribution in [3.63, 3.8) is 0 Å². The second-order valence-corrected chi connectivity index (χ2v) is 6.33. The van der Waals surface area contributed by atoms with Gasteiger partial charge in [-0.15, -0.1) is 0 Å². The zero-order chi connectivity index (χ0) is 12.7. The normalized spacial score (nSPS) is 18.8. The van der Waals surface area contributed by atoms with Crippen molar-refractivity contribution in [2.45, 2.75) is 11.8 Å². The third-order valence-electron chi connectivity index (χ3n) is 2.61. The summed E-state index contributed by atoms with van der Waals surface area (Å²) >= 11 is 0. The fourth-order valence-electron chi connectivity index (χ4n) is 1.90. The van der Waals surface area contributed by atoms with Gasteiger partial charge < -0.3 is 0 Å². The van der Waals surface area contributed by atoms with Gasteiger partial charge in [0.15, 0.2) is 0 Å². The molecule has 0 radical (unpaired) electrons. The molecular weight excluding hydrogens is 236 g/mol. The molecule has 90 valence electrons. The van der Waals surface area contributed by atoms with Gasteiger partial charge in [0.05, 0.1) is 19.0 Å². The first kappa shape index (κ1) is 12.0. The Morgan fingerprint density at radius 2 is 1.71 bits per heavy atom. The number of hydrogen-bond donors (Lipinski definition) is 0. The lowest BCUT2D eigenvalue weighted by atomic mass is 10.4. The number of hydrogen-bond acceptors (Lipinski definition) is 3. The predicted octanol–water partition coefficient (Wildman–Crippen LogP) is 1.77. The molecule has 0 N–H and O–H groups in total. The van der Waals surface area contributed by atoms with E-state index >= 15 is 0 Å². The molecule has 0 saturated carbocycles. The Balaban J connectivity index is 2.54. The lowest BCUT2D eigenvalue weighted by molar-refractivity contribution is -0.849. The smallest absolute Gasteiger partial charge is 0.213 e. The summed E-state index contributed by atoms with van der Waals surface area (Å²) in [5.41, 5.74) is 0.726. The van der Waals surface area contributed by atoms with Crippen LogP contribution < -0.4 is 0 Å². The highest BCUT2D eigenvalue weighted by Crippen LogP contribution is 2.29. The van der Waals surface area contributed by atoms with Crippen LogP contribution in [0.15, 0.2) is 51.4 Å². The maximum atomic E-state index is 12.4. The monoisotopic (exact) mass is 251 g/mol. The summed E-state index contributed by atoms with van der Waals surface area (Å²) < 4.78 is 24.9. The molecule has 1 heterocycles. The number of nitrogens with zero attached hydrogens (tertiary/aromatic N) is 2. The molecule has 0 bridgehead atoms. The van der Waals surface area contributed by atoms with Crippen LogP contribution in [-0.2, 0) is 9.84 Å².